The standard InChI is InChI=1S/C10H13NO3S2/c1-11(8-4-6-16(13,14)7-8)10(12)9-3-2-5-15-9/h2-3,5,8H,4,6-7H2,1H3. The van der Waals surface area contributed by atoms with Crippen LogP contribution >= 0.6 is 11.3 Å². The van der Waals surface area contributed by atoms with E-state index in [1.807, 2.05) is 11.4 Å². The largest absolute Gasteiger partial charge is 0.337 e. The summed E-state index contributed by atoms with van der Waals surface area (Å²) in [6, 6.07) is 3.41. The summed E-state index contributed by atoms with van der Waals surface area (Å²) in [4.78, 5) is 14.2. The number of nitrogens with zero attached hydrogens (tertiary/aromatic N) is 1. The van der Waals surface area contributed by atoms with Crippen molar-refractivity contribution in [2.75, 3.05) is 18.6 Å². The monoisotopic (exact) mass is 259 g/mol. The second kappa shape index (κ2) is 4.18. The summed E-state index contributed by atoms with van der Waals surface area (Å²) in [6.45, 7) is 0. The number of thiophene rings is 1. The van der Waals surface area contributed by atoms with Gasteiger partial charge in [-0.25, -0.2) is 8.42 Å². The predicted molar refractivity (Wildman–Crippen MR) is 63.5 cm³/mol. The number of carbonyl (C=O) groups excluding carboxylic acids is 1. The number of carbonyl (C=O) groups is 1. The van der Waals surface area contributed by atoms with Crippen LogP contribution in [0.3, 0.4) is 0 Å². The fraction of sp³-hybridized carbons (Fsp3) is 0.500. The third kappa shape index (κ3) is 2.27. The van der Waals surface area contributed by atoms with E-state index in [9.17, 15) is 13.2 Å². The summed E-state index contributed by atoms with van der Waals surface area (Å²) in [5, 5.41) is 1.84. The van der Waals surface area contributed by atoms with Crippen molar-refractivity contribution in [2.45, 2.75) is 12.5 Å². The highest BCUT2D eigenvalue weighted by Crippen LogP contribution is 2.20. The number of hydrogen-bond acceptors (Lipinski definition) is 4. The van der Waals surface area contributed by atoms with E-state index in [1.165, 1.54) is 11.3 Å². The van der Waals surface area contributed by atoms with E-state index >= 15 is 0 Å². The van der Waals surface area contributed by atoms with Crippen molar-refractivity contribution in [3.8, 4) is 0 Å². The van der Waals surface area contributed by atoms with Crippen molar-refractivity contribution in [1.82, 2.24) is 4.90 Å². The molecule has 2 rings (SSSR count). The lowest BCUT2D eigenvalue weighted by Gasteiger charge is -2.22. The Labute approximate surface area is 98.8 Å². The first-order valence-electron chi connectivity index (χ1n) is 5.01. The van der Waals surface area contributed by atoms with Crippen LogP contribution in [0, 0.1) is 0 Å². The molecule has 0 aromatic carbocycles. The highest BCUT2D eigenvalue weighted by molar-refractivity contribution is 7.91. The lowest BCUT2D eigenvalue weighted by Crippen LogP contribution is -2.37. The summed E-state index contributed by atoms with van der Waals surface area (Å²) >= 11 is 1.38. The smallest absolute Gasteiger partial charge is 0.263 e. The zero-order valence-corrected chi connectivity index (χ0v) is 10.6. The van der Waals surface area contributed by atoms with Crippen LogP contribution in [0.25, 0.3) is 0 Å². The van der Waals surface area contributed by atoms with E-state index in [0.717, 1.165) is 0 Å². The van der Waals surface area contributed by atoms with Gasteiger partial charge in [0.25, 0.3) is 5.91 Å². The van der Waals surface area contributed by atoms with Crippen molar-refractivity contribution in [3.05, 3.63) is 22.4 Å². The van der Waals surface area contributed by atoms with E-state index in [1.54, 1.807) is 18.0 Å². The molecule has 1 saturated heterocycles. The molecule has 0 aliphatic carbocycles. The zero-order valence-electron chi connectivity index (χ0n) is 8.92. The maximum atomic E-state index is 11.9. The molecule has 88 valence electrons. The van der Waals surface area contributed by atoms with Gasteiger partial charge in [-0.1, -0.05) is 6.07 Å². The molecular formula is C10H13NO3S2. The topological polar surface area (TPSA) is 54.5 Å². The average Bonchev–Trinajstić information content (AvgIpc) is 2.84. The van der Waals surface area contributed by atoms with Crippen LogP contribution < -0.4 is 0 Å². The number of hydrogen-bond donors (Lipinski definition) is 0. The van der Waals surface area contributed by atoms with Crippen LogP contribution in [-0.4, -0.2) is 43.8 Å². The SMILES string of the molecule is CN(C(=O)c1cccs1)C1CCS(=O)(=O)C1. The van der Waals surface area contributed by atoms with Crippen LogP contribution in [0.1, 0.15) is 16.1 Å². The molecule has 1 unspecified atom stereocenters. The molecule has 0 saturated carbocycles. The Morgan fingerprint density at radius 2 is 2.31 bits per heavy atom. The molecule has 0 bridgehead atoms. The van der Waals surface area contributed by atoms with Crippen LogP contribution in [0.2, 0.25) is 0 Å². The molecular weight excluding hydrogens is 246 g/mol. The third-order valence-electron chi connectivity index (χ3n) is 2.81. The maximum absolute atomic E-state index is 11.9. The summed E-state index contributed by atoms with van der Waals surface area (Å²) in [7, 11) is -1.26. The summed E-state index contributed by atoms with van der Waals surface area (Å²) in [5.74, 6) is 0.206. The summed E-state index contributed by atoms with van der Waals surface area (Å²) in [5.41, 5.74) is 0. The second-order valence-corrected chi connectivity index (χ2v) is 7.13. The predicted octanol–water partition coefficient (Wildman–Crippen LogP) is 1.01. The fourth-order valence-electron chi connectivity index (χ4n) is 1.82. The normalized spacial score (nSPS) is 23.2. The van der Waals surface area contributed by atoms with Gasteiger partial charge in [-0.05, 0) is 17.9 Å². The molecule has 0 spiro atoms. The highest BCUT2D eigenvalue weighted by atomic mass is 32.2. The Morgan fingerprint density at radius 1 is 1.56 bits per heavy atom. The molecule has 1 aliphatic heterocycles. The van der Waals surface area contributed by atoms with Crippen molar-refractivity contribution in [3.63, 3.8) is 0 Å². The van der Waals surface area contributed by atoms with E-state index in [0.29, 0.717) is 11.3 Å². The Balaban J connectivity index is 2.09. The van der Waals surface area contributed by atoms with Crippen LogP contribution in [0.5, 0.6) is 0 Å². The molecule has 1 fully saturated rings. The van der Waals surface area contributed by atoms with Gasteiger partial charge in [0.15, 0.2) is 9.84 Å². The van der Waals surface area contributed by atoms with E-state index in [-0.39, 0.29) is 23.5 Å². The van der Waals surface area contributed by atoms with Gasteiger partial charge in [0.05, 0.1) is 16.4 Å². The van der Waals surface area contributed by atoms with Crippen molar-refractivity contribution < 1.29 is 13.2 Å². The summed E-state index contributed by atoms with van der Waals surface area (Å²) in [6.07, 6.45) is 0.552. The Hall–Kier alpha value is -0.880. The lowest BCUT2D eigenvalue weighted by atomic mass is 10.2. The third-order valence-corrected chi connectivity index (χ3v) is 5.42. The number of rotatable bonds is 2. The van der Waals surface area contributed by atoms with Crippen molar-refractivity contribution in [2.24, 2.45) is 0 Å². The minimum Gasteiger partial charge on any atom is -0.337 e. The van der Waals surface area contributed by atoms with Crippen LogP contribution in [0.15, 0.2) is 17.5 Å². The molecule has 1 aliphatic rings. The molecule has 1 aromatic heterocycles. The molecule has 1 amide bonds. The van der Waals surface area contributed by atoms with Crippen molar-refractivity contribution >= 4 is 27.1 Å². The van der Waals surface area contributed by atoms with Crippen LogP contribution in [0.4, 0.5) is 0 Å². The van der Waals surface area contributed by atoms with E-state index in [2.05, 4.69) is 0 Å². The van der Waals surface area contributed by atoms with Gasteiger partial charge in [0.2, 0.25) is 0 Å². The van der Waals surface area contributed by atoms with Gasteiger partial charge in [-0.2, -0.15) is 0 Å². The number of sulfone groups is 1. The summed E-state index contributed by atoms with van der Waals surface area (Å²) < 4.78 is 22.6. The van der Waals surface area contributed by atoms with Gasteiger partial charge in [0.1, 0.15) is 0 Å². The minimum absolute atomic E-state index is 0.0860. The quantitative estimate of drug-likeness (QED) is 0.796. The van der Waals surface area contributed by atoms with Gasteiger partial charge >= 0.3 is 0 Å². The van der Waals surface area contributed by atoms with Gasteiger partial charge in [-0.15, -0.1) is 11.3 Å². The Bertz CT molecular complexity index is 478. The first-order chi connectivity index (χ1) is 7.49. The molecule has 4 nitrogen and oxygen atoms in total. The first-order valence-corrected chi connectivity index (χ1v) is 7.71. The van der Waals surface area contributed by atoms with Gasteiger partial charge < -0.3 is 4.90 Å². The molecule has 6 heteroatoms. The molecule has 0 N–H and O–H groups in total. The molecule has 2 heterocycles. The van der Waals surface area contributed by atoms with Crippen LogP contribution in [-0.2, 0) is 9.84 Å². The number of amides is 1. The lowest BCUT2D eigenvalue weighted by molar-refractivity contribution is 0.0752. The van der Waals surface area contributed by atoms with Gasteiger partial charge in [-0.3, -0.25) is 4.79 Å². The maximum Gasteiger partial charge on any atom is 0.263 e. The average molecular weight is 259 g/mol. The fourth-order valence-corrected chi connectivity index (χ4v) is 4.30. The molecule has 1 atom stereocenters. The first kappa shape index (κ1) is 11.6. The zero-order chi connectivity index (χ0) is 11.8. The van der Waals surface area contributed by atoms with E-state index in [4.69, 9.17) is 0 Å². The molecule has 1 aromatic rings. The second-order valence-electron chi connectivity index (χ2n) is 3.95. The minimum atomic E-state index is -2.93. The highest BCUT2D eigenvalue weighted by Gasteiger charge is 2.33. The van der Waals surface area contributed by atoms with E-state index < -0.39 is 9.84 Å². The van der Waals surface area contributed by atoms with Gasteiger partial charge in [0, 0.05) is 13.1 Å². The Morgan fingerprint density at radius 3 is 2.81 bits per heavy atom. The van der Waals surface area contributed by atoms with Crippen molar-refractivity contribution in [1.29, 1.82) is 0 Å². The molecule has 0 radical (unpaired) electrons. The Kier molecular flexibility index (Phi) is 3.03. The molecule has 16 heavy (non-hydrogen) atoms.